The van der Waals surface area contributed by atoms with E-state index in [0.29, 0.717) is 0 Å². The molecule has 0 bridgehead atoms. The lowest BCUT2D eigenvalue weighted by molar-refractivity contribution is 0.471. The van der Waals surface area contributed by atoms with E-state index in [0.717, 1.165) is 34.4 Å². The first-order valence-electron chi connectivity index (χ1n) is 6.92. The lowest BCUT2D eigenvalue weighted by Crippen LogP contribution is -2.06. The third-order valence-electron chi connectivity index (χ3n) is 3.15. The van der Waals surface area contributed by atoms with Gasteiger partial charge in [-0.15, -0.1) is 0 Å². The van der Waals surface area contributed by atoms with E-state index in [2.05, 4.69) is 35.0 Å². The fraction of sp³-hybridized carbons (Fsp3) is 0.294. The average molecular weight is 334 g/mol. The van der Waals surface area contributed by atoms with Crippen molar-refractivity contribution in [2.24, 2.45) is 5.73 Å². The lowest BCUT2D eigenvalue weighted by Gasteiger charge is -2.14. The van der Waals surface area contributed by atoms with E-state index in [-0.39, 0.29) is 6.04 Å². The predicted molar refractivity (Wildman–Crippen MR) is 87.3 cm³/mol. The van der Waals surface area contributed by atoms with Gasteiger partial charge >= 0.3 is 0 Å². The van der Waals surface area contributed by atoms with Crippen molar-refractivity contribution in [2.45, 2.75) is 32.7 Å². The number of hydrogen-bond acceptors (Lipinski definition) is 2. The van der Waals surface area contributed by atoms with Crippen LogP contribution in [0.4, 0.5) is 0 Å². The highest BCUT2D eigenvalue weighted by molar-refractivity contribution is 9.10. The Balaban J connectivity index is 2.21. The van der Waals surface area contributed by atoms with Gasteiger partial charge in [-0.25, -0.2) is 0 Å². The zero-order valence-electron chi connectivity index (χ0n) is 11.9. The van der Waals surface area contributed by atoms with Crippen molar-refractivity contribution in [3.8, 4) is 11.5 Å². The Morgan fingerprint density at radius 3 is 2.45 bits per heavy atom. The molecule has 0 heterocycles. The predicted octanol–water partition coefficient (Wildman–Crippen LogP) is 5.21. The lowest BCUT2D eigenvalue weighted by atomic mass is 10.1. The highest BCUT2D eigenvalue weighted by atomic mass is 79.9. The molecule has 3 heteroatoms. The highest BCUT2D eigenvalue weighted by Gasteiger charge is 2.09. The van der Waals surface area contributed by atoms with Crippen molar-refractivity contribution in [3.63, 3.8) is 0 Å². The van der Waals surface area contributed by atoms with Crippen LogP contribution < -0.4 is 10.5 Å². The Morgan fingerprint density at radius 1 is 1.15 bits per heavy atom. The minimum atomic E-state index is -0.0677. The quantitative estimate of drug-likeness (QED) is 0.814. The van der Waals surface area contributed by atoms with Gasteiger partial charge in [-0.1, -0.05) is 41.4 Å². The van der Waals surface area contributed by atoms with Gasteiger partial charge < -0.3 is 10.5 Å². The maximum absolute atomic E-state index is 6.00. The molecule has 0 spiro atoms. The van der Waals surface area contributed by atoms with E-state index in [1.54, 1.807) is 0 Å². The minimum Gasteiger partial charge on any atom is -0.457 e. The number of aryl methyl sites for hydroxylation is 1. The number of hydrogen-bond donors (Lipinski definition) is 1. The van der Waals surface area contributed by atoms with Gasteiger partial charge in [-0.2, -0.15) is 0 Å². The van der Waals surface area contributed by atoms with E-state index in [9.17, 15) is 0 Å². The Hall–Kier alpha value is -1.32. The van der Waals surface area contributed by atoms with Crippen LogP contribution in [-0.4, -0.2) is 0 Å². The Kier molecular flexibility index (Phi) is 5.21. The van der Waals surface area contributed by atoms with Gasteiger partial charge in [-0.3, -0.25) is 0 Å². The van der Waals surface area contributed by atoms with Crippen LogP contribution in [0.25, 0.3) is 0 Å². The van der Waals surface area contributed by atoms with Crippen LogP contribution in [0.15, 0.2) is 46.9 Å². The molecule has 1 unspecified atom stereocenters. The minimum absolute atomic E-state index is 0.0677. The van der Waals surface area contributed by atoms with Crippen molar-refractivity contribution in [2.75, 3.05) is 0 Å². The Labute approximate surface area is 129 Å². The molecule has 2 aromatic rings. The van der Waals surface area contributed by atoms with E-state index >= 15 is 0 Å². The fourth-order valence-electron chi connectivity index (χ4n) is 2.11. The number of benzene rings is 2. The van der Waals surface area contributed by atoms with Crippen LogP contribution in [-0.2, 0) is 6.42 Å². The summed E-state index contributed by atoms with van der Waals surface area (Å²) in [4.78, 5) is 0. The Bertz CT molecular complexity index is 564. The first kappa shape index (κ1) is 15.1. The molecule has 2 rings (SSSR count). The molecule has 0 fully saturated rings. The summed E-state index contributed by atoms with van der Waals surface area (Å²) >= 11 is 3.47. The molecule has 106 valence electrons. The summed E-state index contributed by atoms with van der Waals surface area (Å²) in [6, 6.07) is 14.1. The maximum Gasteiger partial charge on any atom is 0.132 e. The number of rotatable bonds is 5. The molecule has 0 radical (unpaired) electrons. The van der Waals surface area contributed by atoms with Crippen LogP contribution in [0.3, 0.4) is 0 Å². The van der Waals surface area contributed by atoms with Crippen LogP contribution in [0, 0.1) is 0 Å². The van der Waals surface area contributed by atoms with Crippen molar-refractivity contribution in [3.05, 3.63) is 58.1 Å². The molecule has 0 amide bonds. The molecule has 0 aliphatic carbocycles. The summed E-state index contributed by atoms with van der Waals surface area (Å²) in [5.41, 5.74) is 8.33. The van der Waals surface area contributed by atoms with Gasteiger partial charge in [0, 0.05) is 16.1 Å². The van der Waals surface area contributed by atoms with Gasteiger partial charge in [0.1, 0.15) is 11.5 Å². The van der Waals surface area contributed by atoms with Crippen LogP contribution in [0.1, 0.15) is 37.4 Å². The molecule has 0 aliphatic rings. The maximum atomic E-state index is 6.00. The van der Waals surface area contributed by atoms with E-state index in [4.69, 9.17) is 10.5 Å². The molecule has 0 saturated carbocycles. The highest BCUT2D eigenvalue weighted by Crippen LogP contribution is 2.31. The molecule has 2 nitrogen and oxygen atoms in total. The third kappa shape index (κ3) is 3.84. The molecular weight excluding hydrogens is 314 g/mol. The van der Waals surface area contributed by atoms with Gasteiger partial charge in [0.15, 0.2) is 0 Å². The zero-order valence-corrected chi connectivity index (χ0v) is 13.5. The van der Waals surface area contributed by atoms with Crippen molar-refractivity contribution >= 4 is 15.9 Å². The first-order valence-corrected chi connectivity index (χ1v) is 7.71. The van der Waals surface area contributed by atoms with Crippen LogP contribution in [0.2, 0.25) is 0 Å². The van der Waals surface area contributed by atoms with Gasteiger partial charge in [0.25, 0.3) is 0 Å². The van der Waals surface area contributed by atoms with Crippen LogP contribution in [0.5, 0.6) is 11.5 Å². The molecule has 0 aliphatic heterocycles. The summed E-state index contributed by atoms with van der Waals surface area (Å²) in [5, 5.41) is 0. The number of ether oxygens (including phenoxy) is 1. The summed E-state index contributed by atoms with van der Waals surface area (Å²) in [6.07, 6.45) is 2.26. The van der Waals surface area contributed by atoms with Crippen molar-refractivity contribution in [1.29, 1.82) is 0 Å². The topological polar surface area (TPSA) is 35.2 Å². The molecule has 1 atom stereocenters. The van der Waals surface area contributed by atoms with Gasteiger partial charge in [0.05, 0.1) is 0 Å². The second-order valence-electron chi connectivity index (χ2n) is 4.97. The average Bonchev–Trinajstić information content (AvgIpc) is 2.43. The van der Waals surface area contributed by atoms with Crippen LogP contribution >= 0.6 is 15.9 Å². The largest absolute Gasteiger partial charge is 0.457 e. The SMILES string of the molecule is CCCc1ccc(Oc2ccc(Br)cc2C(C)N)cc1. The summed E-state index contributed by atoms with van der Waals surface area (Å²) < 4.78 is 6.97. The van der Waals surface area contributed by atoms with Crippen molar-refractivity contribution in [1.82, 2.24) is 0 Å². The smallest absolute Gasteiger partial charge is 0.132 e. The number of halogens is 1. The zero-order chi connectivity index (χ0) is 14.5. The second-order valence-corrected chi connectivity index (χ2v) is 5.88. The molecule has 20 heavy (non-hydrogen) atoms. The summed E-state index contributed by atoms with van der Waals surface area (Å²) in [5.74, 6) is 1.65. The van der Waals surface area contributed by atoms with E-state index in [1.165, 1.54) is 5.56 Å². The van der Waals surface area contributed by atoms with E-state index in [1.807, 2.05) is 37.3 Å². The summed E-state index contributed by atoms with van der Waals surface area (Å²) in [6.45, 7) is 4.14. The van der Waals surface area contributed by atoms with E-state index < -0.39 is 0 Å². The summed E-state index contributed by atoms with van der Waals surface area (Å²) in [7, 11) is 0. The third-order valence-corrected chi connectivity index (χ3v) is 3.65. The molecule has 0 aromatic heterocycles. The van der Waals surface area contributed by atoms with Gasteiger partial charge in [-0.05, 0) is 49.2 Å². The molecular formula is C17H20BrNO. The van der Waals surface area contributed by atoms with Crippen molar-refractivity contribution < 1.29 is 4.74 Å². The molecule has 2 N–H and O–H groups in total. The molecule has 2 aromatic carbocycles. The second kappa shape index (κ2) is 6.91. The van der Waals surface area contributed by atoms with Gasteiger partial charge in [0.2, 0.25) is 0 Å². The number of nitrogens with two attached hydrogens (primary N) is 1. The standard InChI is InChI=1S/C17H20BrNO/c1-3-4-13-5-8-15(9-6-13)20-17-10-7-14(18)11-16(17)12(2)19/h5-12H,3-4,19H2,1-2H3. The first-order chi connectivity index (χ1) is 9.60. The normalized spacial score (nSPS) is 12.2. The fourth-order valence-corrected chi connectivity index (χ4v) is 2.49. The monoisotopic (exact) mass is 333 g/mol. The molecule has 0 saturated heterocycles. The Morgan fingerprint density at radius 2 is 1.85 bits per heavy atom.